The molecule has 0 amide bonds. The van der Waals surface area contributed by atoms with Gasteiger partial charge in [0, 0.05) is 39.1 Å². The number of nitrogens with one attached hydrogen (secondary N) is 2. The quantitative estimate of drug-likeness (QED) is 0.201. The predicted molar refractivity (Wildman–Crippen MR) is 131 cm³/mol. The minimum absolute atomic E-state index is 0. The number of benzene rings is 1. The Balaban J connectivity index is 0.000000234. The Hall–Kier alpha value is -4.19. The number of hydrogen-bond donors (Lipinski definition) is 3. The van der Waals surface area contributed by atoms with E-state index < -0.39 is 5.97 Å². The Kier molecular flexibility index (Phi) is 6.87. The molecule has 34 heavy (non-hydrogen) atoms. The summed E-state index contributed by atoms with van der Waals surface area (Å²) in [5.41, 5.74) is 8.16. The van der Waals surface area contributed by atoms with Gasteiger partial charge in [-0.1, -0.05) is 0 Å². The maximum Gasteiger partial charge on any atom is 0.311 e. The summed E-state index contributed by atoms with van der Waals surface area (Å²) >= 11 is 0. The number of nitrogens with zero attached hydrogens (tertiary/aromatic N) is 2. The van der Waals surface area contributed by atoms with Crippen molar-refractivity contribution >= 4 is 52.3 Å². The molecular formula is C27H19MnN4O2-. The first-order valence-corrected chi connectivity index (χ1v) is 10.3. The first kappa shape index (κ1) is 23.0. The maximum absolute atomic E-state index is 10.2. The van der Waals surface area contributed by atoms with Crippen LogP contribution in [0.4, 0.5) is 0 Å². The van der Waals surface area contributed by atoms with Crippen LogP contribution in [0.25, 0.3) is 46.4 Å². The summed E-state index contributed by atoms with van der Waals surface area (Å²) in [7, 11) is 0. The van der Waals surface area contributed by atoms with Gasteiger partial charge < -0.3 is 15.1 Å². The second-order valence-electron chi connectivity index (χ2n) is 7.50. The van der Waals surface area contributed by atoms with Crippen molar-refractivity contribution in [2.75, 3.05) is 0 Å². The second kappa shape index (κ2) is 10.2. The van der Waals surface area contributed by atoms with Crippen LogP contribution in [0.5, 0.6) is 0 Å². The van der Waals surface area contributed by atoms with E-state index in [4.69, 9.17) is 5.11 Å². The van der Waals surface area contributed by atoms with Gasteiger partial charge in [-0.2, -0.15) is 30.3 Å². The zero-order valence-electron chi connectivity index (χ0n) is 17.9. The standard InChI is InChI=1S/C20H14N4.C7H5O2.Mn/c1-2-14-10-16-5-6-18(23-16)12-20-8-7-19(24-20)11-17-4-3-15(22-17)9-13(1)21-14;8-7(9)6-4-2-1-3-5-6;/h1-12,21-22H;2-5H,(H,8,9);/q;-1;. The van der Waals surface area contributed by atoms with Crippen LogP contribution in [0.1, 0.15) is 33.1 Å². The molecule has 167 valence electrons. The normalized spacial score (nSPS) is 11.3. The topological polar surface area (TPSA) is 94.7 Å². The molecule has 8 bridgehead atoms. The SMILES string of the molecule is C1=Cc2cc3ccc(cc4ccc(cc5nc(cc1n2)C=C5)[nH]4)[nH]3.O=C(O)c1cc[c-]cc1.[Mn]. The average Bonchev–Trinajstić information content (AvgIpc) is 3.61. The van der Waals surface area contributed by atoms with E-state index in [1.54, 1.807) is 12.1 Å². The van der Waals surface area contributed by atoms with Gasteiger partial charge >= 0.3 is 5.97 Å². The fourth-order valence-electron chi connectivity index (χ4n) is 3.47. The summed E-state index contributed by atoms with van der Waals surface area (Å²) in [6.45, 7) is 0. The Morgan fingerprint density at radius 1 is 0.647 bits per heavy atom. The number of carboxylic acids is 1. The third kappa shape index (κ3) is 5.59. The number of aromatic nitrogens is 4. The monoisotopic (exact) mass is 486 g/mol. The molecular weight excluding hydrogens is 467 g/mol. The average molecular weight is 486 g/mol. The summed E-state index contributed by atoms with van der Waals surface area (Å²) in [5.74, 6) is -0.899. The summed E-state index contributed by atoms with van der Waals surface area (Å²) < 4.78 is 0. The number of H-pyrrole nitrogens is 2. The molecule has 0 aliphatic carbocycles. The molecule has 3 N–H and O–H groups in total. The van der Waals surface area contributed by atoms with E-state index in [0.29, 0.717) is 5.56 Å². The predicted octanol–water partition coefficient (Wildman–Crippen LogP) is 5.84. The van der Waals surface area contributed by atoms with Gasteiger partial charge in [-0.15, -0.1) is 0 Å². The molecule has 0 fully saturated rings. The molecule has 6 rings (SSSR count). The van der Waals surface area contributed by atoms with E-state index in [2.05, 4.69) is 56.3 Å². The molecule has 0 unspecified atom stereocenters. The molecule has 0 saturated carbocycles. The number of hydrogen-bond acceptors (Lipinski definition) is 3. The van der Waals surface area contributed by atoms with Gasteiger partial charge in [0.1, 0.15) is 0 Å². The number of aromatic amines is 2. The number of aromatic carboxylic acids is 1. The van der Waals surface area contributed by atoms with Crippen molar-refractivity contribution in [3.8, 4) is 0 Å². The Morgan fingerprint density at radius 3 is 1.47 bits per heavy atom. The van der Waals surface area contributed by atoms with Gasteiger partial charge in [-0.25, -0.2) is 14.8 Å². The van der Waals surface area contributed by atoms with Crippen molar-refractivity contribution in [2.45, 2.75) is 0 Å². The third-order valence-corrected chi connectivity index (χ3v) is 5.01. The summed E-state index contributed by atoms with van der Waals surface area (Å²) in [4.78, 5) is 26.2. The first-order chi connectivity index (χ1) is 16.1. The van der Waals surface area contributed by atoms with Crippen molar-refractivity contribution < 1.29 is 27.0 Å². The van der Waals surface area contributed by atoms with E-state index in [-0.39, 0.29) is 17.1 Å². The van der Waals surface area contributed by atoms with Crippen LogP contribution >= 0.6 is 0 Å². The molecule has 0 spiro atoms. The summed E-state index contributed by atoms with van der Waals surface area (Å²) in [6, 6.07) is 25.3. The van der Waals surface area contributed by atoms with E-state index in [0.717, 1.165) is 44.8 Å². The Morgan fingerprint density at radius 2 is 1.06 bits per heavy atom. The summed E-state index contributed by atoms with van der Waals surface area (Å²) in [6.07, 6.45) is 8.05. The molecule has 0 saturated heterocycles. The van der Waals surface area contributed by atoms with Crippen molar-refractivity contribution in [3.05, 3.63) is 107 Å². The van der Waals surface area contributed by atoms with Crippen molar-refractivity contribution in [2.24, 2.45) is 0 Å². The van der Waals surface area contributed by atoms with Crippen LogP contribution < -0.4 is 0 Å². The largest absolute Gasteiger partial charge is 0.479 e. The van der Waals surface area contributed by atoms with E-state index in [1.165, 1.54) is 12.1 Å². The van der Waals surface area contributed by atoms with Gasteiger partial charge in [-0.3, -0.25) is 0 Å². The molecule has 7 heteroatoms. The van der Waals surface area contributed by atoms with Crippen molar-refractivity contribution in [3.63, 3.8) is 0 Å². The minimum Gasteiger partial charge on any atom is -0.479 e. The number of carboxylic acid groups (broad SMARTS) is 1. The molecule has 4 aromatic rings. The van der Waals surface area contributed by atoms with Gasteiger partial charge in [0.05, 0.1) is 22.8 Å². The van der Waals surface area contributed by atoms with Gasteiger partial charge in [0.25, 0.3) is 0 Å². The van der Waals surface area contributed by atoms with Crippen LogP contribution in [0, 0.1) is 6.07 Å². The smallest absolute Gasteiger partial charge is 0.311 e. The first-order valence-electron chi connectivity index (χ1n) is 10.3. The van der Waals surface area contributed by atoms with Crippen molar-refractivity contribution in [1.82, 2.24) is 19.9 Å². The van der Waals surface area contributed by atoms with Crippen LogP contribution in [0.2, 0.25) is 0 Å². The zero-order chi connectivity index (χ0) is 22.6. The fourth-order valence-corrected chi connectivity index (χ4v) is 3.47. The molecule has 3 aromatic heterocycles. The van der Waals surface area contributed by atoms with Crippen molar-refractivity contribution in [1.29, 1.82) is 0 Å². The Labute approximate surface area is 206 Å². The van der Waals surface area contributed by atoms with Crippen LogP contribution in [0.15, 0.2) is 72.8 Å². The molecule has 2 aliphatic rings. The molecule has 5 heterocycles. The number of carbonyl (C=O) groups is 1. The second-order valence-corrected chi connectivity index (χ2v) is 7.50. The van der Waals surface area contributed by atoms with E-state index in [1.807, 2.05) is 42.5 Å². The number of rotatable bonds is 1. The van der Waals surface area contributed by atoms with Gasteiger partial charge in [0.2, 0.25) is 0 Å². The molecule has 1 aromatic carbocycles. The molecule has 2 aliphatic heterocycles. The van der Waals surface area contributed by atoms with Gasteiger partial charge in [-0.05, 0) is 78.4 Å². The van der Waals surface area contributed by atoms with Gasteiger partial charge in [0.15, 0.2) is 0 Å². The molecule has 0 atom stereocenters. The van der Waals surface area contributed by atoms with E-state index >= 15 is 0 Å². The third-order valence-electron chi connectivity index (χ3n) is 5.01. The number of fused-ring (bicyclic) bond motifs is 8. The minimum atomic E-state index is -0.899. The molecule has 1 radical (unpaired) electrons. The van der Waals surface area contributed by atoms with Crippen LogP contribution in [-0.2, 0) is 17.1 Å². The van der Waals surface area contributed by atoms with E-state index in [9.17, 15) is 4.79 Å². The molecule has 6 nitrogen and oxygen atoms in total. The van der Waals surface area contributed by atoms with Crippen LogP contribution in [0.3, 0.4) is 0 Å². The maximum atomic E-state index is 10.2. The van der Waals surface area contributed by atoms with Crippen LogP contribution in [-0.4, -0.2) is 31.0 Å². The Bertz CT molecular complexity index is 1460. The fraction of sp³-hybridized carbons (Fsp3) is 0. The zero-order valence-corrected chi connectivity index (χ0v) is 19.0. The summed E-state index contributed by atoms with van der Waals surface area (Å²) in [5, 5.41) is 8.37.